The summed E-state index contributed by atoms with van der Waals surface area (Å²) in [6.45, 7) is 0. The molecule has 0 amide bonds. The van der Waals surface area contributed by atoms with E-state index in [2.05, 4.69) is 0 Å². The summed E-state index contributed by atoms with van der Waals surface area (Å²) in [7, 11) is 0. The summed E-state index contributed by atoms with van der Waals surface area (Å²) in [4.78, 5) is 2.03. The van der Waals surface area contributed by atoms with E-state index in [0.717, 1.165) is 7.16 Å². The molecule has 0 spiro atoms. The van der Waals surface area contributed by atoms with Gasteiger partial charge in [-0.2, -0.15) is 0 Å². The second-order valence-corrected chi connectivity index (χ2v) is 13.2. The SMILES string of the molecule is [CH3][Sn]([OH])([c]1ccccc1)[c]1ccccc1. The van der Waals surface area contributed by atoms with Crippen molar-refractivity contribution in [3.63, 3.8) is 0 Å². The first-order valence-corrected chi connectivity index (χ1v) is 12.0. The van der Waals surface area contributed by atoms with Crippen LogP contribution in [0.2, 0.25) is 4.94 Å². The van der Waals surface area contributed by atoms with Crippen molar-refractivity contribution in [2.45, 2.75) is 4.94 Å². The van der Waals surface area contributed by atoms with E-state index in [1.54, 1.807) is 0 Å². The Morgan fingerprint density at radius 2 is 1.07 bits per heavy atom. The molecule has 0 unspecified atom stereocenters. The first kappa shape index (κ1) is 10.7. The van der Waals surface area contributed by atoms with Crippen molar-refractivity contribution in [2.24, 2.45) is 0 Å². The third-order valence-corrected chi connectivity index (χ3v) is 11.0. The minimum absolute atomic E-state index is 1.12. The molecule has 0 heterocycles. The molecule has 76 valence electrons. The fourth-order valence-corrected chi connectivity index (χ4v) is 7.45. The van der Waals surface area contributed by atoms with Gasteiger partial charge in [0, 0.05) is 0 Å². The molecule has 0 aliphatic rings. The summed E-state index contributed by atoms with van der Waals surface area (Å²) in [6, 6.07) is 20.0. The van der Waals surface area contributed by atoms with Crippen molar-refractivity contribution in [1.82, 2.24) is 0 Å². The first-order valence-electron chi connectivity index (χ1n) is 5.04. The molecule has 0 aliphatic heterocycles. The standard InChI is InChI=1S/2C6H5.CH3.H2O.Sn/c2*1-2-4-6-5-3-1;;;/h2*1-5H;1H3;1H2;/q;;;;+1/p-1. The molecule has 0 radical (unpaired) electrons. The molecule has 0 aromatic heterocycles. The maximum absolute atomic E-state index is 10.7. The number of benzene rings is 2. The van der Waals surface area contributed by atoms with Gasteiger partial charge in [-0.05, 0) is 0 Å². The average molecular weight is 305 g/mol. The van der Waals surface area contributed by atoms with Crippen LogP contribution in [0.1, 0.15) is 0 Å². The fourth-order valence-electron chi connectivity index (χ4n) is 1.69. The van der Waals surface area contributed by atoms with Crippen molar-refractivity contribution in [3.8, 4) is 0 Å². The second-order valence-electron chi connectivity index (χ2n) is 3.80. The zero-order chi connectivity index (χ0) is 10.7. The van der Waals surface area contributed by atoms with Gasteiger partial charge in [0.15, 0.2) is 0 Å². The van der Waals surface area contributed by atoms with Crippen molar-refractivity contribution < 1.29 is 3.44 Å². The van der Waals surface area contributed by atoms with Crippen LogP contribution in [0.3, 0.4) is 0 Å². The molecule has 0 saturated carbocycles. The van der Waals surface area contributed by atoms with E-state index in [4.69, 9.17) is 0 Å². The molecule has 2 rings (SSSR count). The molecule has 2 aromatic rings. The molecule has 2 heteroatoms. The second kappa shape index (κ2) is 4.37. The number of hydrogen-bond donors (Lipinski definition) is 1. The molecular formula is C13H14OSn. The van der Waals surface area contributed by atoms with E-state index in [9.17, 15) is 3.44 Å². The summed E-state index contributed by atoms with van der Waals surface area (Å²) in [5.74, 6) is 0. The summed E-state index contributed by atoms with van der Waals surface area (Å²) in [6.07, 6.45) is 0. The van der Waals surface area contributed by atoms with Gasteiger partial charge in [0.25, 0.3) is 0 Å². The van der Waals surface area contributed by atoms with Crippen LogP contribution in [0, 0.1) is 0 Å². The topological polar surface area (TPSA) is 20.2 Å². The van der Waals surface area contributed by atoms with Crippen molar-refractivity contribution in [1.29, 1.82) is 0 Å². The van der Waals surface area contributed by atoms with E-state index >= 15 is 0 Å². The van der Waals surface area contributed by atoms with Crippen LogP contribution >= 0.6 is 0 Å². The Kier molecular flexibility index (Phi) is 3.12. The van der Waals surface area contributed by atoms with Crippen LogP contribution in [0.5, 0.6) is 0 Å². The predicted octanol–water partition coefficient (Wildman–Crippen LogP) is 1.37. The zero-order valence-corrected chi connectivity index (χ0v) is 11.6. The average Bonchev–Trinajstić information content (AvgIpc) is 2.31. The Labute approximate surface area is 94.8 Å². The van der Waals surface area contributed by atoms with E-state index in [-0.39, 0.29) is 0 Å². The van der Waals surface area contributed by atoms with Crippen LogP contribution in [0.4, 0.5) is 0 Å². The van der Waals surface area contributed by atoms with Gasteiger partial charge in [0.1, 0.15) is 0 Å². The summed E-state index contributed by atoms with van der Waals surface area (Å²) in [5, 5.41) is 0. The molecule has 0 saturated heterocycles. The molecule has 1 nitrogen and oxygen atoms in total. The van der Waals surface area contributed by atoms with Gasteiger partial charge < -0.3 is 0 Å². The monoisotopic (exact) mass is 306 g/mol. The van der Waals surface area contributed by atoms with E-state index < -0.39 is 18.8 Å². The normalized spacial score (nSPS) is 11.3. The van der Waals surface area contributed by atoms with Crippen LogP contribution in [0.15, 0.2) is 60.7 Å². The molecule has 1 N–H and O–H groups in total. The molecular weight excluding hydrogens is 291 g/mol. The summed E-state index contributed by atoms with van der Waals surface area (Å²) >= 11 is -3.24. The summed E-state index contributed by atoms with van der Waals surface area (Å²) < 4.78 is 12.9. The first-order chi connectivity index (χ1) is 7.21. The number of hydrogen-bond acceptors (Lipinski definition) is 1. The third kappa shape index (κ3) is 2.24. The van der Waals surface area contributed by atoms with Gasteiger partial charge in [-0.25, -0.2) is 0 Å². The predicted molar refractivity (Wildman–Crippen MR) is 66.0 cm³/mol. The van der Waals surface area contributed by atoms with E-state index in [1.165, 1.54) is 0 Å². The quantitative estimate of drug-likeness (QED) is 0.831. The van der Waals surface area contributed by atoms with E-state index in [0.29, 0.717) is 0 Å². The Hall–Kier alpha value is -0.801. The van der Waals surface area contributed by atoms with Gasteiger partial charge in [-0.15, -0.1) is 0 Å². The molecule has 2 aromatic carbocycles. The molecule has 0 aliphatic carbocycles. The summed E-state index contributed by atoms with van der Waals surface area (Å²) in [5.41, 5.74) is 0. The Bertz CT molecular complexity index is 381. The Balaban J connectivity index is 2.44. The van der Waals surface area contributed by atoms with Gasteiger partial charge in [0.05, 0.1) is 0 Å². The zero-order valence-electron chi connectivity index (χ0n) is 8.72. The van der Waals surface area contributed by atoms with E-state index in [1.807, 2.05) is 65.6 Å². The van der Waals surface area contributed by atoms with Gasteiger partial charge in [-0.1, -0.05) is 0 Å². The van der Waals surface area contributed by atoms with Crippen LogP contribution in [-0.4, -0.2) is 22.2 Å². The molecule has 0 atom stereocenters. The minimum atomic E-state index is -3.24. The Morgan fingerprint density at radius 3 is 1.40 bits per heavy atom. The fraction of sp³-hybridized carbons (Fsp3) is 0.0769. The number of rotatable bonds is 2. The Morgan fingerprint density at radius 1 is 0.733 bits per heavy atom. The van der Waals surface area contributed by atoms with Crippen LogP contribution in [0.25, 0.3) is 0 Å². The van der Waals surface area contributed by atoms with Gasteiger partial charge in [0.2, 0.25) is 0 Å². The van der Waals surface area contributed by atoms with Crippen LogP contribution < -0.4 is 7.16 Å². The van der Waals surface area contributed by atoms with Crippen LogP contribution in [-0.2, 0) is 0 Å². The molecule has 0 bridgehead atoms. The third-order valence-electron chi connectivity index (χ3n) is 2.67. The van der Waals surface area contributed by atoms with Crippen molar-refractivity contribution in [2.75, 3.05) is 0 Å². The molecule has 15 heavy (non-hydrogen) atoms. The molecule has 0 fully saturated rings. The maximum atomic E-state index is 10.7. The van der Waals surface area contributed by atoms with Crippen molar-refractivity contribution >= 4 is 25.9 Å². The van der Waals surface area contributed by atoms with Gasteiger partial charge >= 0.3 is 95.0 Å². The van der Waals surface area contributed by atoms with Gasteiger partial charge in [-0.3, -0.25) is 0 Å². The van der Waals surface area contributed by atoms with Crippen molar-refractivity contribution in [3.05, 3.63) is 60.7 Å².